The van der Waals surface area contributed by atoms with E-state index in [0.717, 1.165) is 44.3 Å². The Morgan fingerprint density at radius 3 is 1.52 bits per heavy atom. The maximum atomic E-state index is 11.7. The van der Waals surface area contributed by atoms with Crippen LogP contribution < -0.4 is 0 Å². The van der Waals surface area contributed by atoms with Gasteiger partial charge in [0.1, 0.15) is 0 Å². The van der Waals surface area contributed by atoms with Gasteiger partial charge in [0.25, 0.3) is 0 Å². The summed E-state index contributed by atoms with van der Waals surface area (Å²) in [5.74, 6) is 0.0963. The van der Waals surface area contributed by atoms with Gasteiger partial charge in [-0.25, -0.2) is 0 Å². The minimum atomic E-state index is -0.380. The van der Waals surface area contributed by atoms with Crippen molar-refractivity contribution in [1.82, 2.24) is 0 Å². The number of rotatable bonds is 21. The molecule has 0 aromatic heterocycles. The van der Waals surface area contributed by atoms with Gasteiger partial charge in [-0.15, -0.1) is 0 Å². The van der Waals surface area contributed by atoms with Crippen LogP contribution in [0, 0.1) is 0 Å². The summed E-state index contributed by atoms with van der Waals surface area (Å²) in [5, 5.41) is 0.348. The van der Waals surface area contributed by atoms with Gasteiger partial charge in [0.15, 0.2) is 0 Å². The summed E-state index contributed by atoms with van der Waals surface area (Å²) in [6, 6.07) is 0. The second-order valence-corrected chi connectivity index (χ2v) is 9.43. The summed E-state index contributed by atoms with van der Waals surface area (Å²) >= 11 is 8.66. The summed E-state index contributed by atoms with van der Waals surface area (Å²) < 4.78 is 4.90. The number of hydrogen-bond acceptors (Lipinski definition) is 5. The molecule has 0 aliphatic heterocycles. The summed E-state index contributed by atoms with van der Waals surface area (Å²) in [6.07, 6.45) is 20.9. The Hall–Kier alpha value is -0.160. The van der Waals surface area contributed by atoms with Crippen molar-refractivity contribution in [3.8, 4) is 0 Å². The Morgan fingerprint density at radius 1 is 0.655 bits per heavy atom. The van der Waals surface area contributed by atoms with E-state index in [2.05, 4.69) is 32.2 Å². The fourth-order valence-corrected chi connectivity index (χ4v) is 4.29. The number of hydrogen-bond donors (Lipinski definition) is 2. The van der Waals surface area contributed by atoms with Crippen LogP contribution in [0.5, 0.6) is 0 Å². The Balaban J connectivity index is 3.35. The minimum absolute atomic E-state index is 0.325. The second-order valence-electron chi connectivity index (χ2n) is 8.25. The first-order valence-electron chi connectivity index (χ1n) is 12.1. The molecule has 0 bridgehead atoms. The maximum Gasteiger partial charge on any atom is 0.313 e. The highest BCUT2D eigenvalue weighted by Gasteiger charge is 2.10. The van der Waals surface area contributed by atoms with Gasteiger partial charge in [-0.05, 0) is 31.4 Å². The second kappa shape index (κ2) is 22.5. The van der Waals surface area contributed by atoms with Gasteiger partial charge in [-0.2, -0.15) is 25.3 Å². The lowest BCUT2D eigenvalue weighted by Crippen LogP contribution is -2.12. The molecule has 0 N–H and O–H groups in total. The van der Waals surface area contributed by atoms with Crippen molar-refractivity contribution in [2.45, 2.75) is 134 Å². The molecule has 3 nitrogen and oxygen atoms in total. The van der Waals surface area contributed by atoms with E-state index in [1.165, 1.54) is 70.6 Å². The van der Waals surface area contributed by atoms with Crippen LogP contribution in [-0.4, -0.2) is 22.9 Å². The quantitative estimate of drug-likeness (QED) is 0.0821. The molecule has 0 aromatic carbocycles. The summed E-state index contributed by atoms with van der Waals surface area (Å²) in [6.45, 7) is 2.26. The van der Waals surface area contributed by atoms with Crippen LogP contribution in [0.25, 0.3) is 0 Å². The van der Waals surface area contributed by atoms with Crippen LogP contribution in [0.4, 0.5) is 0 Å². The third-order valence-corrected chi connectivity index (χ3v) is 6.12. The Morgan fingerprint density at radius 2 is 1.07 bits per heavy atom. The highest BCUT2D eigenvalue weighted by Crippen LogP contribution is 2.14. The third kappa shape index (κ3) is 22.3. The van der Waals surface area contributed by atoms with E-state index in [1.807, 2.05) is 0 Å². The van der Waals surface area contributed by atoms with E-state index in [1.54, 1.807) is 0 Å². The van der Waals surface area contributed by atoms with Gasteiger partial charge >= 0.3 is 11.9 Å². The molecule has 0 rings (SSSR count). The molecule has 1 unspecified atom stereocenters. The minimum Gasteiger partial charge on any atom is -0.393 e. The average Bonchev–Trinajstić information content (AvgIpc) is 2.69. The first-order valence-corrected chi connectivity index (χ1v) is 13.3. The summed E-state index contributed by atoms with van der Waals surface area (Å²) in [5.41, 5.74) is 0. The summed E-state index contributed by atoms with van der Waals surface area (Å²) in [4.78, 5) is 23.4. The van der Waals surface area contributed by atoms with Crippen molar-refractivity contribution in [2.75, 3.05) is 5.75 Å². The molecule has 172 valence electrons. The normalized spacial score (nSPS) is 12.1. The van der Waals surface area contributed by atoms with Crippen molar-refractivity contribution >= 4 is 37.2 Å². The standard InChI is InChI=1S/C24H46O3S2/c1-2-3-4-5-6-7-8-9-10-11-12-13-14-18-23(25)27-24(26)19-16-15-17-22(29)20-21-28/h22,28-29H,2-21H2,1H3. The monoisotopic (exact) mass is 446 g/mol. The number of unbranched alkanes of at least 4 members (excludes halogenated alkanes) is 13. The lowest BCUT2D eigenvalue weighted by Gasteiger charge is -2.08. The zero-order chi connectivity index (χ0) is 21.6. The van der Waals surface area contributed by atoms with E-state index in [4.69, 9.17) is 4.74 Å². The van der Waals surface area contributed by atoms with Gasteiger partial charge < -0.3 is 4.74 Å². The molecule has 0 heterocycles. The van der Waals surface area contributed by atoms with E-state index in [9.17, 15) is 9.59 Å². The molecule has 29 heavy (non-hydrogen) atoms. The van der Waals surface area contributed by atoms with Crippen LogP contribution >= 0.6 is 25.3 Å². The lowest BCUT2D eigenvalue weighted by atomic mass is 10.0. The SMILES string of the molecule is CCCCCCCCCCCCCCCC(=O)OC(=O)CCCCC(S)CCS. The van der Waals surface area contributed by atoms with Gasteiger partial charge in [-0.3, -0.25) is 9.59 Å². The molecule has 0 aromatic rings. The van der Waals surface area contributed by atoms with Crippen LogP contribution in [0.15, 0.2) is 0 Å². The van der Waals surface area contributed by atoms with Gasteiger partial charge in [-0.1, -0.05) is 90.4 Å². The largest absolute Gasteiger partial charge is 0.393 e. The molecule has 0 amide bonds. The topological polar surface area (TPSA) is 43.4 Å². The first-order chi connectivity index (χ1) is 14.1. The smallest absolute Gasteiger partial charge is 0.313 e. The fourth-order valence-electron chi connectivity index (χ4n) is 3.46. The number of carbonyl (C=O) groups is 2. The van der Waals surface area contributed by atoms with E-state index >= 15 is 0 Å². The Bertz CT molecular complexity index is 388. The van der Waals surface area contributed by atoms with Crippen LogP contribution in [0.3, 0.4) is 0 Å². The van der Waals surface area contributed by atoms with Gasteiger partial charge in [0, 0.05) is 18.1 Å². The summed E-state index contributed by atoms with van der Waals surface area (Å²) in [7, 11) is 0. The molecule has 1 atom stereocenters. The molecule has 0 saturated carbocycles. The van der Waals surface area contributed by atoms with Crippen molar-refractivity contribution in [1.29, 1.82) is 0 Å². The molecular weight excluding hydrogens is 400 g/mol. The van der Waals surface area contributed by atoms with E-state index < -0.39 is 0 Å². The molecule has 0 aliphatic rings. The fraction of sp³-hybridized carbons (Fsp3) is 0.917. The third-order valence-electron chi connectivity index (χ3n) is 5.34. The molecule has 0 spiro atoms. The molecule has 0 aliphatic carbocycles. The number of ether oxygens (including phenoxy) is 1. The zero-order valence-electron chi connectivity index (χ0n) is 18.8. The zero-order valence-corrected chi connectivity index (χ0v) is 20.6. The highest BCUT2D eigenvalue weighted by molar-refractivity contribution is 7.81. The average molecular weight is 447 g/mol. The molecule has 0 fully saturated rings. The van der Waals surface area contributed by atoms with Gasteiger partial charge in [0.2, 0.25) is 0 Å². The number of thiol groups is 2. The molecular formula is C24H46O3S2. The van der Waals surface area contributed by atoms with Crippen molar-refractivity contribution in [3.63, 3.8) is 0 Å². The molecule has 0 saturated heterocycles. The first kappa shape index (κ1) is 28.8. The predicted molar refractivity (Wildman–Crippen MR) is 131 cm³/mol. The van der Waals surface area contributed by atoms with Crippen LogP contribution in [0.1, 0.15) is 129 Å². The Labute approximate surface area is 191 Å². The molecule has 0 radical (unpaired) electrons. The highest BCUT2D eigenvalue weighted by atomic mass is 32.1. The van der Waals surface area contributed by atoms with E-state index in [0.29, 0.717) is 18.1 Å². The van der Waals surface area contributed by atoms with Crippen molar-refractivity contribution < 1.29 is 14.3 Å². The number of esters is 2. The van der Waals surface area contributed by atoms with Gasteiger partial charge in [0.05, 0.1) is 0 Å². The number of carbonyl (C=O) groups excluding carboxylic acids is 2. The van der Waals surface area contributed by atoms with Crippen molar-refractivity contribution in [3.05, 3.63) is 0 Å². The predicted octanol–water partition coefficient (Wildman–Crippen LogP) is 7.72. The molecule has 5 heteroatoms. The van der Waals surface area contributed by atoms with Crippen molar-refractivity contribution in [2.24, 2.45) is 0 Å². The lowest BCUT2D eigenvalue weighted by molar-refractivity contribution is -0.159. The van der Waals surface area contributed by atoms with Crippen LogP contribution in [0.2, 0.25) is 0 Å². The maximum absolute atomic E-state index is 11.7. The van der Waals surface area contributed by atoms with E-state index in [-0.39, 0.29) is 11.9 Å². The Kier molecular flexibility index (Phi) is 22.4. The van der Waals surface area contributed by atoms with Crippen LogP contribution in [-0.2, 0) is 14.3 Å².